The summed E-state index contributed by atoms with van der Waals surface area (Å²) in [7, 11) is 2.66. The minimum Gasteiger partial charge on any atom is -0.493 e. The summed E-state index contributed by atoms with van der Waals surface area (Å²) in [5, 5.41) is 0. The summed E-state index contributed by atoms with van der Waals surface area (Å²) in [4.78, 5) is 17.0. The highest BCUT2D eigenvalue weighted by Gasteiger charge is 2.60. The standard InChI is InChI=1S/C23H24ClF2NO5/c1-29-16-5-12(6-17(30-2)18(16)31-21(25)26)4-15-19(28)32-20(27-15)22-7-13-3-14(8-22)10-23(24,9-13)11-22/h4-6,13-14,21H,3,7-11H2,1-2H3/b15-4-/t13-,14-,22?,23?/m0/s1. The molecule has 0 N–H and O–H groups in total. The molecule has 6 rings (SSSR count). The number of nitrogens with zero attached hydrogens (tertiary/aromatic N) is 1. The molecule has 0 amide bonds. The van der Waals surface area contributed by atoms with Crippen LogP contribution in [0, 0.1) is 17.3 Å². The molecule has 6 nitrogen and oxygen atoms in total. The van der Waals surface area contributed by atoms with Crippen LogP contribution in [0.4, 0.5) is 8.78 Å². The van der Waals surface area contributed by atoms with Gasteiger partial charge in [-0.3, -0.25) is 0 Å². The number of ether oxygens (including phenoxy) is 4. The van der Waals surface area contributed by atoms with Crippen molar-refractivity contribution in [3.8, 4) is 17.2 Å². The van der Waals surface area contributed by atoms with Crippen LogP contribution in [-0.2, 0) is 9.53 Å². The molecule has 172 valence electrons. The van der Waals surface area contributed by atoms with E-state index in [2.05, 4.69) is 9.73 Å². The van der Waals surface area contributed by atoms with Gasteiger partial charge in [0.25, 0.3) is 0 Å². The van der Waals surface area contributed by atoms with Crippen LogP contribution in [0.2, 0.25) is 0 Å². The van der Waals surface area contributed by atoms with Crippen LogP contribution in [-0.4, -0.2) is 37.6 Å². The number of carbonyl (C=O) groups excluding carboxylic acids is 1. The Hall–Kier alpha value is -2.35. The van der Waals surface area contributed by atoms with E-state index >= 15 is 0 Å². The Morgan fingerprint density at radius 2 is 1.78 bits per heavy atom. The summed E-state index contributed by atoms with van der Waals surface area (Å²) >= 11 is 6.92. The van der Waals surface area contributed by atoms with Gasteiger partial charge in [0, 0.05) is 10.3 Å². The largest absolute Gasteiger partial charge is 0.493 e. The molecule has 0 unspecified atom stereocenters. The zero-order chi connectivity index (χ0) is 22.7. The van der Waals surface area contributed by atoms with E-state index < -0.39 is 12.6 Å². The van der Waals surface area contributed by atoms with Crippen LogP contribution in [0.25, 0.3) is 6.08 Å². The van der Waals surface area contributed by atoms with Gasteiger partial charge in [0.1, 0.15) is 0 Å². The van der Waals surface area contributed by atoms with E-state index in [1.54, 1.807) is 0 Å². The number of halogens is 3. The van der Waals surface area contributed by atoms with Crippen molar-refractivity contribution in [1.29, 1.82) is 0 Å². The number of hydrogen-bond donors (Lipinski definition) is 0. The number of methoxy groups -OCH3 is 2. The summed E-state index contributed by atoms with van der Waals surface area (Å²) in [6, 6.07) is 2.96. The minimum atomic E-state index is -3.04. The Balaban J connectivity index is 1.48. The number of esters is 1. The van der Waals surface area contributed by atoms with Crippen LogP contribution in [0.15, 0.2) is 22.8 Å². The Bertz CT molecular complexity index is 985. The van der Waals surface area contributed by atoms with Gasteiger partial charge < -0.3 is 18.9 Å². The maximum absolute atomic E-state index is 12.8. The van der Waals surface area contributed by atoms with Gasteiger partial charge in [0.05, 0.1) is 14.2 Å². The lowest BCUT2D eigenvalue weighted by atomic mass is 9.49. The van der Waals surface area contributed by atoms with Gasteiger partial charge in [0.2, 0.25) is 11.6 Å². The van der Waals surface area contributed by atoms with E-state index in [1.165, 1.54) is 38.8 Å². The van der Waals surface area contributed by atoms with Gasteiger partial charge in [-0.1, -0.05) is 0 Å². The quantitative estimate of drug-likeness (QED) is 0.327. The molecule has 4 fully saturated rings. The van der Waals surface area contributed by atoms with E-state index in [-0.39, 0.29) is 33.2 Å². The molecule has 0 saturated heterocycles. The van der Waals surface area contributed by atoms with Crippen molar-refractivity contribution in [3.05, 3.63) is 23.4 Å². The van der Waals surface area contributed by atoms with Gasteiger partial charge in [-0.25, -0.2) is 9.79 Å². The molecule has 1 aliphatic heterocycles. The highest BCUT2D eigenvalue weighted by atomic mass is 35.5. The Labute approximate surface area is 189 Å². The maximum Gasteiger partial charge on any atom is 0.387 e. The van der Waals surface area contributed by atoms with Crippen LogP contribution in [0.1, 0.15) is 44.1 Å². The molecular weight excluding hydrogens is 444 g/mol. The fourth-order valence-corrected chi connectivity index (χ4v) is 7.08. The average Bonchev–Trinajstić information content (AvgIpc) is 3.07. The fourth-order valence-electron chi connectivity index (χ4n) is 6.38. The lowest BCUT2D eigenvalue weighted by Gasteiger charge is -2.59. The van der Waals surface area contributed by atoms with E-state index in [9.17, 15) is 13.6 Å². The van der Waals surface area contributed by atoms with Gasteiger partial charge in [-0.05, 0) is 74.1 Å². The number of alkyl halides is 3. The first kappa shape index (κ1) is 21.5. The summed E-state index contributed by atoms with van der Waals surface area (Å²) in [5.41, 5.74) is 0.337. The van der Waals surface area contributed by atoms with E-state index in [4.69, 9.17) is 25.8 Å². The second-order valence-corrected chi connectivity index (χ2v) is 10.2. The molecule has 1 heterocycles. The predicted octanol–water partition coefficient (Wildman–Crippen LogP) is 5.18. The number of cyclic esters (lactones) is 1. The number of rotatable bonds is 6. The molecule has 0 radical (unpaired) electrons. The minimum absolute atomic E-state index is 0.0530. The lowest BCUT2D eigenvalue weighted by Crippen LogP contribution is -2.56. The van der Waals surface area contributed by atoms with Crippen molar-refractivity contribution >= 4 is 29.5 Å². The maximum atomic E-state index is 12.8. The van der Waals surface area contributed by atoms with Crippen molar-refractivity contribution in [2.75, 3.05) is 14.2 Å². The highest BCUT2D eigenvalue weighted by molar-refractivity contribution is 6.24. The Kier molecular flexibility index (Phi) is 5.11. The van der Waals surface area contributed by atoms with Crippen LogP contribution < -0.4 is 14.2 Å². The topological polar surface area (TPSA) is 66.4 Å². The predicted molar refractivity (Wildman–Crippen MR) is 113 cm³/mol. The van der Waals surface area contributed by atoms with Gasteiger partial charge in [0.15, 0.2) is 17.2 Å². The third-order valence-electron chi connectivity index (χ3n) is 7.06. The van der Waals surface area contributed by atoms with Crippen LogP contribution in [0.3, 0.4) is 0 Å². The van der Waals surface area contributed by atoms with Crippen molar-refractivity contribution in [3.63, 3.8) is 0 Å². The summed E-state index contributed by atoms with van der Waals surface area (Å²) in [6.45, 7) is -3.04. The SMILES string of the molecule is COc1cc(/C=C2\N=C(C34C[C@@H]5C[C@H](CC(Cl)(C5)C3)C4)OC2=O)cc(OC)c1OC(F)F. The van der Waals surface area contributed by atoms with Crippen molar-refractivity contribution in [1.82, 2.24) is 0 Å². The van der Waals surface area contributed by atoms with Crippen molar-refractivity contribution in [2.24, 2.45) is 22.2 Å². The molecule has 0 spiro atoms. The third kappa shape index (κ3) is 3.62. The number of carbonyl (C=O) groups is 1. The number of aliphatic imine (C=N–C) groups is 1. The van der Waals surface area contributed by atoms with Gasteiger partial charge in [-0.15, -0.1) is 11.6 Å². The smallest absolute Gasteiger partial charge is 0.387 e. The molecule has 4 aliphatic carbocycles. The Morgan fingerprint density at radius 1 is 1.16 bits per heavy atom. The van der Waals surface area contributed by atoms with Crippen molar-refractivity contribution < 1.29 is 32.5 Å². The monoisotopic (exact) mass is 467 g/mol. The van der Waals surface area contributed by atoms with E-state index in [1.807, 2.05) is 0 Å². The van der Waals surface area contributed by atoms with Crippen LogP contribution in [0.5, 0.6) is 17.2 Å². The molecule has 0 aromatic heterocycles. The summed E-state index contributed by atoms with van der Waals surface area (Å²) in [6.07, 6.45) is 7.41. The molecular formula is C23H24ClF2NO5. The molecule has 2 atom stereocenters. The van der Waals surface area contributed by atoms with Crippen LogP contribution >= 0.6 is 11.6 Å². The number of hydrogen-bond acceptors (Lipinski definition) is 6. The second kappa shape index (κ2) is 7.61. The van der Waals surface area contributed by atoms with Crippen molar-refractivity contribution in [2.45, 2.75) is 50.0 Å². The normalized spacial score (nSPS) is 34.1. The zero-order valence-electron chi connectivity index (χ0n) is 17.8. The first-order chi connectivity index (χ1) is 15.2. The van der Waals surface area contributed by atoms with E-state index in [0.717, 1.165) is 32.1 Å². The summed E-state index contributed by atoms with van der Waals surface area (Å²) in [5.74, 6) is 0.897. The Morgan fingerprint density at radius 3 is 2.31 bits per heavy atom. The zero-order valence-corrected chi connectivity index (χ0v) is 18.6. The van der Waals surface area contributed by atoms with E-state index in [0.29, 0.717) is 23.3 Å². The lowest BCUT2D eigenvalue weighted by molar-refractivity contribution is -0.131. The first-order valence-corrected chi connectivity index (χ1v) is 11.0. The molecule has 4 bridgehead atoms. The van der Waals surface area contributed by atoms with Gasteiger partial charge >= 0.3 is 12.6 Å². The van der Waals surface area contributed by atoms with Gasteiger partial charge in [-0.2, -0.15) is 8.78 Å². The fraction of sp³-hybridized carbons (Fsp3) is 0.565. The highest BCUT2D eigenvalue weighted by Crippen LogP contribution is 2.64. The molecule has 5 aliphatic rings. The first-order valence-electron chi connectivity index (χ1n) is 10.7. The third-order valence-corrected chi connectivity index (χ3v) is 7.50. The second-order valence-electron chi connectivity index (χ2n) is 9.36. The molecule has 32 heavy (non-hydrogen) atoms. The number of benzene rings is 1. The summed E-state index contributed by atoms with van der Waals surface area (Å²) < 4.78 is 46.1. The molecule has 1 aromatic rings. The average molecular weight is 468 g/mol. The molecule has 1 aromatic carbocycles. The molecule has 9 heteroatoms. The molecule has 4 saturated carbocycles.